The molecule has 0 aliphatic carbocycles. The summed E-state index contributed by atoms with van der Waals surface area (Å²) < 4.78 is 39.0. The van der Waals surface area contributed by atoms with Crippen molar-refractivity contribution in [1.82, 2.24) is 9.78 Å². The first kappa shape index (κ1) is 13.9. The Bertz CT molecular complexity index is 732. The van der Waals surface area contributed by atoms with Crippen LogP contribution in [0.2, 0.25) is 5.15 Å². The van der Waals surface area contributed by atoms with Gasteiger partial charge in [0.05, 0.1) is 17.3 Å². The number of benzene rings is 1. The van der Waals surface area contributed by atoms with Gasteiger partial charge in [-0.25, -0.2) is 4.68 Å². The summed E-state index contributed by atoms with van der Waals surface area (Å²) >= 11 is 5.76. The smallest absolute Gasteiger partial charge is 0.220 e. The van der Waals surface area contributed by atoms with Crippen LogP contribution < -0.4 is 0 Å². The molecule has 0 unspecified atom stereocenters. The van der Waals surface area contributed by atoms with Crippen LogP contribution in [0.1, 0.15) is 16.8 Å². The summed E-state index contributed by atoms with van der Waals surface area (Å²) in [7, 11) is 0. The predicted molar refractivity (Wildman–Crippen MR) is 63.0 cm³/mol. The molecule has 100 valence electrons. The second kappa shape index (κ2) is 4.87. The van der Waals surface area contributed by atoms with Crippen molar-refractivity contribution in [2.45, 2.75) is 6.18 Å². The maximum atomic E-state index is 12.7. The van der Waals surface area contributed by atoms with Crippen LogP contribution in [0.25, 0.3) is 5.69 Å². The fraction of sp³-hybridized carbons (Fsp3) is 0.0833. The van der Waals surface area contributed by atoms with Crippen molar-refractivity contribution in [3.63, 3.8) is 0 Å². The van der Waals surface area contributed by atoms with E-state index in [0.717, 1.165) is 4.68 Å². The molecular weight excluding hydrogens is 293 g/mol. The molecule has 0 amide bonds. The SMILES string of the molecule is N#Cc1ccc(-n2nc(C(F)(F)F)c(C#N)c2Cl)cc1. The van der Waals surface area contributed by atoms with Gasteiger partial charge in [-0.1, -0.05) is 11.6 Å². The molecule has 1 aromatic heterocycles. The van der Waals surface area contributed by atoms with Crippen molar-refractivity contribution in [2.24, 2.45) is 0 Å². The maximum absolute atomic E-state index is 12.7. The summed E-state index contributed by atoms with van der Waals surface area (Å²) in [5.41, 5.74) is -1.51. The summed E-state index contributed by atoms with van der Waals surface area (Å²) in [5, 5.41) is 20.3. The van der Waals surface area contributed by atoms with E-state index in [-0.39, 0.29) is 5.69 Å². The number of nitrogens with zero attached hydrogens (tertiary/aromatic N) is 4. The minimum Gasteiger partial charge on any atom is -0.220 e. The third kappa shape index (κ3) is 2.31. The Balaban J connectivity index is 2.61. The molecule has 8 heteroatoms. The molecule has 0 saturated carbocycles. The molecule has 2 aromatic rings. The minimum atomic E-state index is -4.77. The third-order valence-electron chi connectivity index (χ3n) is 2.45. The van der Waals surface area contributed by atoms with E-state index in [1.54, 1.807) is 0 Å². The average Bonchev–Trinajstić information content (AvgIpc) is 2.76. The van der Waals surface area contributed by atoms with E-state index in [2.05, 4.69) is 5.10 Å². The Kier molecular flexibility index (Phi) is 3.39. The van der Waals surface area contributed by atoms with Gasteiger partial charge in [0.25, 0.3) is 0 Å². The molecule has 0 aliphatic heterocycles. The standard InChI is InChI=1S/C12H4ClF3N4/c13-11-9(6-18)10(12(14,15)16)19-20(11)8-3-1-7(5-17)2-4-8/h1-4H. The number of halogens is 4. The first-order valence-corrected chi connectivity index (χ1v) is 5.52. The van der Waals surface area contributed by atoms with Crippen molar-refractivity contribution < 1.29 is 13.2 Å². The monoisotopic (exact) mass is 296 g/mol. The van der Waals surface area contributed by atoms with Crippen LogP contribution in [0.5, 0.6) is 0 Å². The van der Waals surface area contributed by atoms with Crippen molar-refractivity contribution in [2.75, 3.05) is 0 Å². The zero-order valence-electron chi connectivity index (χ0n) is 9.61. The molecule has 0 bridgehead atoms. The van der Waals surface area contributed by atoms with Crippen LogP contribution in [0.15, 0.2) is 24.3 Å². The van der Waals surface area contributed by atoms with Gasteiger partial charge in [0.2, 0.25) is 0 Å². The summed E-state index contributed by atoms with van der Waals surface area (Å²) in [6.45, 7) is 0. The van der Waals surface area contributed by atoms with E-state index in [1.165, 1.54) is 30.3 Å². The Labute approximate surface area is 116 Å². The van der Waals surface area contributed by atoms with E-state index in [4.69, 9.17) is 22.1 Å². The highest BCUT2D eigenvalue weighted by molar-refractivity contribution is 6.31. The van der Waals surface area contributed by atoms with Crippen molar-refractivity contribution in [1.29, 1.82) is 10.5 Å². The Morgan fingerprint density at radius 1 is 1.10 bits per heavy atom. The highest BCUT2D eigenvalue weighted by Crippen LogP contribution is 2.35. The summed E-state index contributed by atoms with van der Waals surface area (Å²) in [4.78, 5) is 0. The molecule has 0 atom stereocenters. The van der Waals surface area contributed by atoms with E-state index < -0.39 is 22.6 Å². The van der Waals surface area contributed by atoms with Crippen LogP contribution in [0.4, 0.5) is 13.2 Å². The molecular formula is C12H4ClF3N4. The second-order valence-corrected chi connectivity index (χ2v) is 4.05. The number of rotatable bonds is 1. The highest BCUT2D eigenvalue weighted by atomic mass is 35.5. The molecule has 0 aliphatic rings. The fourth-order valence-corrected chi connectivity index (χ4v) is 1.81. The van der Waals surface area contributed by atoms with Gasteiger partial charge in [0, 0.05) is 0 Å². The Morgan fingerprint density at radius 3 is 2.10 bits per heavy atom. The lowest BCUT2D eigenvalue weighted by molar-refractivity contribution is -0.141. The Morgan fingerprint density at radius 2 is 1.70 bits per heavy atom. The fourth-order valence-electron chi connectivity index (χ4n) is 1.54. The molecule has 0 radical (unpaired) electrons. The lowest BCUT2D eigenvalue weighted by Crippen LogP contribution is -2.08. The molecule has 20 heavy (non-hydrogen) atoms. The van der Waals surface area contributed by atoms with Gasteiger partial charge >= 0.3 is 6.18 Å². The minimum absolute atomic E-state index is 0.223. The van der Waals surface area contributed by atoms with Crippen LogP contribution in [-0.4, -0.2) is 9.78 Å². The van der Waals surface area contributed by atoms with Crippen LogP contribution in [-0.2, 0) is 6.18 Å². The van der Waals surface area contributed by atoms with Crippen molar-refractivity contribution >= 4 is 11.6 Å². The number of hydrogen-bond donors (Lipinski definition) is 0. The summed E-state index contributed by atoms with van der Waals surface area (Å²) in [6, 6.07) is 8.87. The molecule has 0 fully saturated rings. The topological polar surface area (TPSA) is 65.4 Å². The van der Waals surface area contributed by atoms with E-state index in [1.807, 2.05) is 6.07 Å². The van der Waals surface area contributed by atoms with Gasteiger partial charge < -0.3 is 0 Å². The van der Waals surface area contributed by atoms with Gasteiger partial charge in [-0.3, -0.25) is 0 Å². The van der Waals surface area contributed by atoms with Gasteiger partial charge in [-0.2, -0.15) is 28.8 Å². The second-order valence-electron chi connectivity index (χ2n) is 3.69. The van der Waals surface area contributed by atoms with Gasteiger partial charge in [-0.05, 0) is 24.3 Å². The molecule has 0 saturated heterocycles. The van der Waals surface area contributed by atoms with E-state index >= 15 is 0 Å². The largest absolute Gasteiger partial charge is 0.436 e. The quantitative estimate of drug-likeness (QED) is 0.811. The first-order chi connectivity index (χ1) is 9.38. The maximum Gasteiger partial charge on any atom is 0.436 e. The van der Waals surface area contributed by atoms with E-state index in [0.29, 0.717) is 5.56 Å². The molecule has 1 heterocycles. The third-order valence-corrected chi connectivity index (χ3v) is 2.80. The van der Waals surface area contributed by atoms with Gasteiger partial charge in [-0.15, -0.1) is 0 Å². The summed E-state index contributed by atoms with van der Waals surface area (Å²) in [5.74, 6) is 0. The van der Waals surface area contributed by atoms with Crippen LogP contribution in [0.3, 0.4) is 0 Å². The average molecular weight is 297 g/mol. The van der Waals surface area contributed by atoms with Gasteiger partial charge in [0.15, 0.2) is 10.8 Å². The van der Waals surface area contributed by atoms with Crippen molar-refractivity contribution in [3.05, 3.63) is 46.2 Å². The summed E-state index contributed by atoms with van der Waals surface area (Å²) in [6.07, 6.45) is -4.77. The molecule has 1 aromatic carbocycles. The van der Waals surface area contributed by atoms with Crippen molar-refractivity contribution in [3.8, 4) is 17.8 Å². The predicted octanol–water partition coefficient (Wildman–Crippen LogP) is 3.29. The van der Waals surface area contributed by atoms with Crippen LogP contribution >= 0.6 is 11.6 Å². The van der Waals surface area contributed by atoms with Crippen LogP contribution in [0, 0.1) is 22.7 Å². The van der Waals surface area contributed by atoms with Gasteiger partial charge in [0.1, 0.15) is 11.6 Å². The first-order valence-electron chi connectivity index (χ1n) is 5.15. The zero-order chi connectivity index (χ0) is 14.9. The number of hydrogen-bond acceptors (Lipinski definition) is 3. The molecule has 0 N–H and O–H groups in total. The Hall–Kier alpha value is -2.51. The number of aromatic nitrogens is 2. The zero-order valence-corrected chi connectivity index (χ0v) is 10.4. The number of nitriles is 2. The number of alkyl halides is 3. The lowest BCUT2D eigenvalue weighted by Gasteiger charge is -2.03. The molecule has 2 rings (SSSR count). The molecule has 4 nitrogen and oxygen atoms in total. The lowest BCUT2D eigenvalue weighted by atomic mass is 10.2. The molecule has 0 spiro atoms. The highest BCUT2D eigenvalue weighted by Gasteiger charge is 2.39. The van der Waals surface area contributed by atoms with E-state index in [9.17, 15) is 13.2 Å². The normalized spacial score (nSPS) is 10.9.